The minimum absolute atomic E-state index is 0.217. The second-order valence-corrected chi connectivity index (χ2v) is 2.72. The van der Waals surface area contributed by atoms with Crippen molar-refractivity contribution in [3.63, 3.8) is 0 Å². The van der Waals surface area contributed by atoms with Crippen LogP contribution in [0.2, 0.25) is 0 Å². The maximum absolute atomic E-state index is 11.7. The fraction of sp³-hybridized carbons (Fsp3) is 0.250. The molecule has 0 radical (unpaired) electrons. The zero-order valence-corrected chi connectivity index (χ0v) is 7.64. The topological polar surface area (TPSA) is 76.5 Å². The van der Waals surface area contributed by atoms with Gasteiger partial charge in [-0.05, 0) is 6.92 Å². The molecule has 6 nitrogen and oxygen atoms in total. The van der Waals surface area contributed by atoms with Crippen molar-refractivity contribution in [2.24, 2.45) is 0 Å². The van der Waals surface area contributed by atoms with E-state index in [0.717, 1.165) is 0 Å². The predicted octanol–water partition coefficient (Wildman–Crippen LogP) is 0.252. The second kappa shape index (κ2) is 3.41. The molecule has 2 heterocycles. The zero-order valence-electron chi connectivity index (χ0n) is 7.64. The molecule has 0 saturated carbocycles. The fourth-order valence-electron chi connectivity index (χ4n) is 1.20. The molecule has 0 aromatic carbocycles. The summed E-state index contributed by atoms with van der Waals surface area (Å²) in [6, 6.07) is 0. The predicted molar refractivity (Wildman–Crippen MR) is 47.7 cm³/mol. The lowest BCUT2D eigenvalue weighted by Gasteiger charge is -2.00. The molecule has 0 bridgehead atoms. The minimum Gasteiger partial charge on any atom is -0.328 e. The minimum atomic E-state index is -0.217. The van der Waals surface area contributed by atoms with Crippen LogP contribution in [0.25, 0.3) is 0 Å². The molecule has 6 heteroatoms. The van der Waals surface area contributed by atoms with Crippen LogP contribution in [0.5, 0.6) is 0 Å². The summed E-state index contributed by atoms with van der Waals surface area (Å²) in [5.74, 6) is 0.173. The Bertz CT molecular complexity index is 430. The molecular weight excluding hydrogens is 182 g/mol. The summed E-state index contributed by atoms with van der Waals surface area (Å²) < 4.78 is 1.76. The summed E-state index contributed by atoms with van der Waals surface area (Å²) in [6.07, 6.45) is 4.74. The Hall–Kier alpha value is -1.98. The third-order valence-corrected chi connectivity index (χ3v) is 1.91. The number of aromatic amines is 1. The van der Waals surface area contributed by atoms with Crippen molar-refractivity contribution < 1.29 is 4.79 Å². The summed E-state index contributed by atoms with van der Waals surface area (Å²) in [6.45, 7) is 2.65. The highest BCUT2D eigenvalue weighted by Crippen LogP contribution is 2.04. The Balaban J connectivity index is 2.36. The number of H-pyrrole nitrogens is 1. The van der Waals surface area contributed by atoms with Crippen LogP contribution >= 0.6 is 0 Å². The average Bonchev–Trinajstić information content (AvgIpc) is 2.87. The number of hydrogen-bond acceptors (Lipinski definition) is 4. The molecule has 0 aliphatic rings. The lowest BCUT2D eigenvalue weighted by atomic mass is 10.3. The van der Waals surface area contributed by atoms with Gasteiger partial charge in [0.25, 0.3) is 0 Å². The van der Waals surface area contributed by atoms with Crippen LogP contribution in [-0.2, 0) is 6.54 Å². The smallest absolute Gasteiger partial charge is 0.250 e. The second-order valence-electron chi connectivity index (χ2n) is 2.72. The molecule has 72 valence electrons. The van der Waals surface area contributed by atoms with Crippen LogP contribution in [0, 0.1) is 0 Å². The number of aromatic nitrogens is 5. The first kappa shape index (κ1) is 8.61. The Morgan fingerprint density at radius 3 is 3.14 bits per heavy atom. The van der Waals surface area contributed by atoms with Crippen molar-refractivity contribution in [2.75, 3.05) is 0 Å². The number of nitrogens with one attached hydrogen (secondary N) is 1. The largest absolute Gasteiger partial charge is 0.328 e. The summed E-state index contributed by atoms with van der Waals surface area (Å²) in [7, 11) is 0. The number of ketones is 1. The third-order valence-electron chi connectivity index (χ3n) is 1.91. The van der Waals surface area contributed by atoms with Crippen LogP contribution in [-0.4, -0.2) is 30.7 Å². The van der Waals surface area contributed by atoms with Gasteiger partial charge in [0, 0.05) is 18.9 Å². The van der Waals surface area contributed by atoms with Gasteiger partial charge in [-0.15, -0.1) is 0 Å². The van der Waals surface area contributed by atoms with Crippen LogP contribution in [0.3, 0.4) is 0 Å². The van der Waals surface area contributed by atoms with E-state index in [4.69, 9.17) is 0 Å². The van der Waals surface area contributed by atoms with Gasteiger partial charge < -0.3 is 4.57 Å². The van der Waals surface area contributed by atoms with E-state index in [9.17, 15) is 4.79 Å². The lowest BCUT2D eigenvalue weighted by Crippen LogP contribution is -2.10. The van der Waals surface area contributed by atoms with Gasteiger partial charge in [0.05, 0.1) is 6.20 Å². The molecule has 1 N–H and O–H groups in total. The Morgan fingerprint density at radius 2 is 2.50 bits per heavy atom. The molecule has 0 spiro atoms. The average molecular weight is 191 g/mol. The van der Waals surface area contributed by atoms with Crippen LogP contribution in [0.1, 0.15) is 23.2 Å². The van der Waals surface area contributed by atoms with Crippen molar-refractivity contribution in [1.82, 2.24) is 25.0 Å². The van der Waals surface area contributed by atoms with Crippen LogP contribution in [0.4, 0.5) is 0 Å². The first-order chi connectivity index (χ1) is 6.83. The van der Waals surface area contributed by atoms with Gasteiger partial charge in [0.2, 0.25) is 5.78 Å². The number of hydrogen-bond donors (Lipinski definition) is 1. The lowest BCUT2D eigenvalue weighted by molar-refractivity contribution is 0.102. The standard InChI is InChI=1S/C8H9N5O/c1-2-13-4-3-9-8(13)7(14)6-5-10-12-11-6/h3-5H,2H2,1H3,(H,10,11,12). The van der Waals surface area contributed by atoms with Crippen molar-refractivity contribution in [3.05, 3.63) is 30.1 Å². The van der Waals surface area contributed by atoms with Crippen molar-refractivity contribution in [2.45, 2.75) is 13.5 Å². The molecule has 0 saturated heterocycles. The summed E-state index contributed by atoms with van der Waals surface area (Å²) in [5, 5.41) is 9.68. The van der Waals surface area contributed by atoms with E-state index in [2.05, 4.69) is 20.4 Å². The van der Waals surface area contributed by atoms with E-state index in [1.165, 1.54) is 6.20 Å². The third kappa shape index (κ3) is 1.30. The molecule has 14 heavy (non-hydrogen) atoms. The maximum atomic E-state index is 11.7. The van der Waals surface area contributed by atoms with E-state index >= 15 is 0 Å². The normalized spacial score (nSPS) is 10.4. The number of aryl methyl sites for hydroxylation is 1. The summed E-state index contributed by atoms with van der Waals surface area (Å²) in [4.78, 5) is 15.7. The zero-order chi connectivity index (χ0) is 9.97. The maximum Gasteiger partial charge on any atom is 0.250 e. The molecule has 0 aliphatic carbocycles. The molecule has 2 aromatic rings. The number of nitrogens with zero attached hydrogens (tertiary/aromatic N) is 4. The highest BCUT2D eigenvalue weighted by atomic mass is 16.1. The van der Waals surface area contributed by atoms with E-state index in [-0.39, 0.29) is 11.5 Å². The van der Waals surface area contributed by atoms with Gasteiger partial charge in [-0.2, -0.15) is 15.4 Å². The van der Waals surface area contributed by atoms with Crippen LogP contribution < -0.4 is 0 Å². The highest BCUT2D eigenvalue weighted by Gasteiger charge is 2.16. The van der Waals surface area contributed by atoms with Crippen molar-refractivity contribution >= 4 is 5.78 Å². The molecule has 2 rings (SSSR count). The van der Waals surface area contributed by atoms with Crippen molar-refractivity contribution in [1.29, 1.82) is 0 Å². The van der Waals surface area contributed by atoms with Gasteiger partial charge >= 0.3 is 0 Å². The van der Waals surface area contributed by atoms with E-state index in [0.29, 0.717) is 12.4 Å². The number of carbonyl (C=O) groups excluding carboxylic acids is 1. The number of rotatable bonds is 3. The highest BCUT2D eigenvalue weighted by molar-refractivity contribution is 6.04. The van der Waals surface area contributed by atoms with Gasteiger partial charge in [0.1, 0.15) is 0 Å². The first-order valence-corrected chi connectivity index (χ1v) is 4.24. The fourth-order valence-corrected chi connectivity index (χ4v) is 1.20. The van der Waals surface area contributed by atoms with Gasteiger partial charge in [-0.25, -0.2) is 4.98 Å². The van der Waals surface area contributed by atoms with E-state index in [1.807, 2.05) is 6.92 Å². The summed E-state index contributed by atoms with van der Waals surface area (Å²) >= 11 is 0. The summed E-state index contributed by atoms with van der Waals surface area (Å²) in [5.41, 5.74) is 0.283. The van der Waals surface area contributed by atoms with Gasteiger partial charge in [-0.3, -0.25) is 4.79 Å². The van der Waals surface area contributed by atoms with Crippen molar-refractivity contribution in [3.8, 4) is 0 Å². The Labute approximate surface area is 80.0 Å². The Morgan fingerprint density at radius 1 is 1.64 bits per heavy atom. The van der Waals surface area contributed by atoms with Crippen LogP contribution in [0.15, 0.2) is 18.6 Å². The monoisotopic (exact) mass is 191 g/mol. The first-order valence-electron chi connectivity index (χ1n) is 4.24. The van der Waals surface area contributed by atoms with Gasteiger partial charge in [0.15, 0.2) is 11.5 Å². The molecule has 0 unspecified atom stereocenters. The van der Waals surface area contributed by atoms with E-state index < -0.39 is 0 Å². The SMILES string of the molecule is CCn1ccnc1C(=O)c1cn[nH]n1. The molecular formula is C8H9N5O. The molecule has 0 fully saturated rings. The Kier molecular flexibility index (Phi) is 2.10. The molecule has 0 amide bonds. The van der Waals surface area contributed by atoms with Gasteiger partial charge in [-0.1, -0.05) is 0 Å². The number of imidazole rings is 1. The molecule has 0 atom stereocenters. The molecule has 0 aliphatic heterocycles. The quantitative estimate of drug-likeness (QED) is 0.705. The van der Waals surface area contributed by atoms with E-state index in [1.54, 1.807) is 17.0 Å². The molecule has 2 aromatic heterocycles. The number of carbonyl (C=O) groups is 1.